The summed E-state index contributed by atoms with van der Waals surface area (Å²) < 4.78 is 0. The maximum Gasteiger partial charge on any atom is 0.335 e. The summed E-state index contributed by atoms with van der Waals surface area (Å²) in [6, 6.07) is 14.8. The number of hydrogen-bond acceptors (Lipinski definition) is 4. The van der Waals surface area contributed by atoms with Gasteiger partial charge in [-0.25, -0.2) is 14.7 Å². The number of para-hydroxylation sites is 2. The molecule has 0 radical (unpaired) electrons. The molecule has 5 rings (SSSR count). The molecule has 0 saturated heterocycles. The summed E-state index contributed by atoms with van der Waals surface area (Å²) >= 11 is 12.9. The van der Waals surface area contributed by atoms with Gasteiger partial charge in [-0.15, -0.1) is 0 Å². The molecule has 164 valence electrons. The lowest BCUT2D eigenvalue weighted by atomic mass is 9.96. The van der Waals surface area contributed by atoms with E-state index in [1.165, 1.54) is 19.3 Å². The molecule has 8 heteroatoms. The summed E-state index contributed by atoms with van der Waals surface area (Å²) in [7, 11) is 0. The van der Waals surface area contributed by atoms with E-state index in [1.807, 2.05) is 30.3 Å². The maximum atomic E-state index is 13.7. The van der Waals surface area contributed by atoms with E-state index in [4.69, 9.17) is 28.2 Å². The van der Waals surface area contributed by atoms with Crippen molar-refractivity contribution in [3.05, 3.63) is 70.3 Å². The van der Waals surface area contributed by atoms with E-state index < -0.39 is 0 Å². The van der Waals surface area contributed by atoms with Crippen LogP contribution < -0.4 is 15.1 Å². The van der Waals surface area contributed by atoms with Crippen molar-refractivity contribution < 1.29 is 4.79 Å². The third kappa shape index (κ3) is 4.00. The topological polar surface area (TPSA) is 61.4 Å². The van der Waals surface area contributed by atoms with Crippen LogP contribution in [0, 0.1) is 0 Å². The number of hydrogen-bond donors (Lipinski definition) is 1. The molecule has 32 heavy (non-hydrogen) atoms. The molecule has 0 bridgehead atoms. The van der Waals surface area contributed by atoms with Crippen molar-refractivity contribution in [2.24, 2.45) is 0 Å². The number of rotatable bonds is 4. The van der Waals surface area contributed by atoms with Crippen molar-refractivity contribution in [2.45, 2.75) is 44.7 Å². The summed E-state index contributed by atoms with van der Waals surface area (Å²) in [6.45, 7) is 0.282. The van der Waals surface area contributed by atoms with Gasteiger partial charge >= 0.3 is 6.03 Å². The van der Waals surface area contributed by atoms with Crippen LogP contribution in [0.5, 0.6) is 0 Å². The Morgan fingerprint density at radius 1 is 0.938 bits per heavy atom. The van der Waals surface area contributed by atoms with Gasteiger partial charge in [-0.3, -0.25) is 4.90 Å². The average Bonchev–Trinajstić information content (AvgIpc) is 2.81. The first-order valence-electron chi connectivity index (χ1n) is 10.8. The van der Waals surface area contributed by atoms with Crippen LogP contribution in [0.2, 0.25) is 10.0 Å². The van der Waals surface area contributed by atoms with E-state index >= 15 is 0 Å². The molecule has 1 saturated carbocycles. The second kappa shape index (κ2) is 8.96. The third-order valence-corrected chi connectivity index (χ3v) is 6.57. The highest BCUT2D eigenvalue weighted by Crippen LogP contribution is 2.41. The largest absolute Gasteiger partial charge is 0.351 e. The first-order chi connectivity index (χ1) is 15.6. The van der Waals surface area contributed by atoms with E-state index in [0.29, 0.717) is 39.2 Å². The minimum Gasteiger partial charge on any atom is -0.351 e. The summed E-state index contributed by atoms with van der Waals surface area (Å²) in [5.41, 5.74) is 2.02. The Bertz CT molecular complexity index is 1110. The van der Waals surface area contributed by atoms with Crippen molar-refractivity contribution in [1.29, 1.82) is 0 Å². The Morgan fingerprint density at radius 2 is 1.66 bits per heavy atom. The highest BCUT2D eigenvalue weighted by atomic mass is 35.5. The van der Waals surface area contributed by atoms with Gasteiger partial charge in [-0.2, -0.15) is 4.98 Å². The average molecular weight is 468 g/mol. The number of urea groups is 1. The molecule has 1 aliphatic carbocycles. The zero-order chi connectivity index (χ0) is 22.1. The van der Waals surface area contributed by atoms with Crippen molar-refractivity contribution in [3.8, 4) is 0 Å². The monoisotopic (exact) mass is 467 g/mol. The number of fused-ring (bicyclic) bond motifs is 1. The van der Waals surface area contributed by atoms with Gasteiger partial charge in [0.1, 0.15) is 0 Å². The van der Waals surface area contributed by atoms with E-state index in [-0.39, 0.29) is 12.6 Å². The van der Waals surface area contributed by atoms with Crippen LogP contribution in [0.25, 0.3) is 0 Å². The van der Waals surface area contributed by atoms with Crippen LogP contribution in [-0.2, 0) is 6.54 Å². The molecular weight excluding hydrogens is 445 g/mol. The molecule has 2 amide bonds. The number of carbonyl (C=O) groups excluding carboxylic acids is 1. The predicted octanol–water partition coefficient (Wildman–Crippen LogP) is 6.81. The van der Waals surface area contributed by atoms with Crippen molar-refractivity contribution >= 4 is 52.4 Å². The molecule has 6 nitrogen and oxygen atoms in total. The van der Waals surface area contributed by atoms with E-state index in [9.17, 15) is 4.79 Å². The second-order valence-corrected chi connectivity index (χ2v) is 8.95. The quantitative estimate of drug-likeness (QED) is 0.457. The molecule has 0 spiro atoms. The molecule has 2 heterocycles. The number of carbonyl (C=O) groups is 1. The number of benzene rings is 2. The maximum absolute atomic E-state index is 13.7. The molecule has 3 aromatic rings. The highest BCUT2D eigenvalue weighted by Gasteiger charge is 2.36. The first kappa shape index (κ1) is 21.0. The molecule has 1 N–H and O–H groups in total. The van der Waals surface area contributed by atoms with Gasteiger partial charge < -0.3 is 5.32 Å². The van der Waals surface area contributed by atoms with Crippen LogP contribution in [0.3, 0.4) is 0 Å². The molecule has 2 aliphatic rings. The molecule has 2 aromatic carbocycles. The lowest BCUT2D eigenvalue weighted by Crippen LogP contribution is -2.46. The summed E-state index contributed by atoms with van der Waals surface area (Å²) in [5, 5.41) is 4.29. The highest BCUT2D eigenvalue weighted by molar-refractivity contribution is 6.40. The summed E-state index contributed by atoms with van der Waals surface area (Å²) in [6.07, 6.45) is 7.71. The van der Waals surface area contributed by atoms with Gasteiger partial charge in [0.15, 0.2) is 5.82 Å². The Hall–Kier alpha value is -2.83. The molecule has 1 aliphatic heterocycles. The van der Waals surface area contributed by atoms with Gasteiger partial charge in [0.2, 0.25) is 5.95 Å². The lowest BCUT2D eigenvalue weighted by molar-refractivity contribution is 0.252. The molecule has 0 unspecified atom stereocenters. The standard InChI is InChI=1S/C24H23Cl2N5O/c25-19-12-7-13-20(26)21(19)30-15-16-14-27-23(28-17-8-3-1-4-9-17)29-22(16)31(24(30)32)18-10-5-2-6-11-18/h2,5-7,10-14,17H,1,3-4,8-9,15H2,(H,27,28,29). The fraction of sp³-hybridized carbons (Fsp3) is 0.292. The van der Waals surface area contributed by atoms with Crippen LogP contribution >= 0.6 is 23.2 Å². The van der Waals surface area contributed by atoms with Crippen molar-refractivity contribution in [3.63, 3.8) is 0 Å². The fourth-order valence-electron chi connectivity index (χ4n) is 4.38. The molecular formula is C24H23Cl2N5O. The minimum atomic E-state index is -0.263. The van der Waals surface area contributed by atoms with Gasteiger partial charge in [0.05, 0.1) is 28.0 Å². The lowest BCUT2D eigenvalue weighted by Gasteiger charge is -2.37. The van der Waals surface area contributed by atoms with E-state index in [1.54, 1.807) is 34.2 Å². The van der Waals surface area contributed by atoms with Gasteiger partial charge in [-0.1, -0.05) is 66.7 Å². The van der Waals surface area contributed by atoms with Crippen LogP contribution in [-0.4, -0.2) is 22.0 Å². The Balaban J connectivity index is 1.57. The zero-order valence-electron chi connectivity index (χ0n) is 17.5. The van der Waals surface area contributed by atoms with Gasteiger partial charge in [-0.05, 0) is 37.1 Å². The van der Waals surface area contributed by atoms with Crippen LogP contribution in [0.1, 0.15) is 37.7 Å². The molecule has 1 fully saturated rings. The van der Waals surface area contributed by atoms with Gasteiger partial charge in [0.25, 0.3) is 0 Å². The fourth-order valence-corrected chi connectivity index (χ4v) is 4.98. The third-order valence-electron chi connectivity index (χ3n) is 5.96. The number of amides is 2. The van der Waals surface area contributed by atoms with Crippen molar-refractivity contribution in [2.75, 3.05) is 15.1 Å². The second-order valence-electron chi connectivity index (χ2n) is 8.13. The zero-order valence-corrected chi connectivity index (χ0v) is 19.0. The molecule has 1 aromatic heterocycles. The smallest absolute Gasteiger partial charge is 0.335 e. The van der Waals surface area contributed by atoms with Crippen LogP contribution in [0.4, 0.5) is 27.9 Å². The number of halogens is 2. The Kier molecular flexibility index (Phi) is 5.89. The summed E-state index contributed by atoms with van der Waals surface area (Å²) in [5.74, 6) is 1.13. The Morgan fingerprint density at radius 3 is 2.38 bits per heavy atom. The van der Waals surface area contributed by atoms with Crippen molar-refractivity contribution in [1.82, 2.24) is 9.97 Å². The van der Waals surface area contributed by atoms with Crippen LogP contribution in [0.15, 0.2) is 54.7 Å². The minimum absolute atomic E-state index is 0.263. The van der Waals surface area contributed by atoms with Gasteiger partial charge in [0, 0.05) is 17.8 Å². The number of nitrogens with zero attached hydrogens (tertiary/aromatic N) is 4. The van der Waals surface area contributed by atoms with E-state index in [0.717, 1.165) is 18.4 Å². The molecule has 0 atom stereocenters. The SMILES string of the molecule is O=C1N(c2c(Cl)cccc2Cl)Cc2cnc(NC3CCCCC3)nc2N1c1ccccc1. The predicted molar refractivity (Wildman–Crippen MR) is 129 cm³/mol. The number of nitrogens with one attached hydrogen (secondary N) is 1. The first-order valence-corrected chi connectivity index (χ1v) is 11.6. The summed E-state index contributed by atoms with van der Waals surface area (Å²) in [4.78, 5) is 26.3. The normalized spacial score (nSPS) is 16.8. The van der Waals surface area contributed by atoms with E-state index in [2.05, 4.69) is 10.3 Å². The number of aromatic nitrogens is 2. The number of anilines is 4. The Labute approximate surface area is 197 Å².